The number of thiophene rings is 1. The zero-order chi connectivity index (χ0) is 16.1. The van der Waals surface area contributed by atoms with Gasteiger partial charge in [0.25, 0.3) is 0 Å². The van der Waals surface area contributed by atoms with Gasteiger partial charge in [-0.2, -0.15) is 5.26 Å². The number of hydrogen-bond acceptors (Lipinski definition) is 4. The van der Waals surface area contributed by atoms with Gasteiger partial charge in [0.2, 0.25) is 12.4 Å². The summed E-state index contributed by atoms with van der Waals surface area (Å²) in [5.41, 5.74) is 2.71. The van der Waals surface area contributed by atoms with Gasteiger partial charge in [0.15, 0.2) is 6.19 Å². The minimum atomic E-state index is 0.542. The van der Waals surface area contributed by atoms with E-state index in [4.69, 9.17) is 5.26 Å². The predicted molar refractivity (Wildman–Crippen MR) is 90.4 cm³/mol. The summed E-state index contributed by atoms with van der Waals surface area (Å²) in [6, 6.07) is 9.25. The highest BCUT2D eigenvalue weighted by molar-refractivity contribution is 7.10. The van der Waals surface area contributed by atoms with Crippen molar-refractivity contribution in [3.05, 3.63) is 46.2 Å². The van der Waals surface area contributed by atoms with Crippen LogP contribution < -0.4 is 10.6 Å². The van der Waals surface area contributed by atoms with E-state index in [9.17, 15) is 4.79 Å². The van der Waals surface area contributed by atoms with Crippen LogP contribution in [0.15, 0.2) is 40.7 Å². The lowest BCUT2D eigenvalue weighted by molar-refractivity contribution is -0.105. The van der Waals surface area contributed by atoms with E-state index in [1.165, 1.54) is 10.4 Å². The maximum atomic E-state index is 10.4. The smallest absolute Gasteiger partial charge is 0.212 e. The van der Waals surface area contributed by atoms with Crippen LogP contribution in [-0.4, -0.2) is 23.8 Å². The monoisotopic (exact) mass is 325 g/mol. The van der Waals surface area contributed by atoms with Gasteiger partial charge in [0.1, 0.15) is 0 Å². The molecule has 0 spiro atoms. The van der Waals surface area contributed by atoms with Crippen LogP contribution in [0.4, 0.5) is 11.4 Å². The number of anilines is 1. The Kier molecular flexibility index (Phi) is 4.54. The Morgan fingerprint density at radius 1 is 1.35 bits per heavy atom. The zero-order valence-electron chi connectivity index (χ0n) is 12.3. The molecule has 0 fully saturated rings. The third kappa shape index (κ3) is 3.49. The van der Waals surface area contributed by atoms with Gasteiger partial charge >= 0.3 is 0 Å². The van der Waals surface area contributed by atoms with Crippen molar-refractivity contribution in [1.29, 1.82) is 5.26 Å². The van der Waals surface area contributed by atoms with Gasteiger partial charge in [0, 0.05) is 23.7 Å². The summed E-state index contributed by atoms with van der Waals surface area (Å²) in [5, 5.41) is 16.4. The predicted octanol–water partition coefficient (Wildman–Crippen LogP) is 2.43. The molecular weight excluding hydrogens is 310 g/mol. The standard InChI is InChI=1S/C16H15N5OS/c17-10-18-16(20-14-3-1-13(2-4-14)19-11-22)21-7-5-15-12(9-21)6-8-23-15/h1-4,6,8,11H,5,7,9H2,(H,18,20)(H,19,22). The number of hydrogen-bond donors (Lipinski definition) is 2. The topological polar surface area (TPSA) is 80.5 Å². The third-order valence-corrected chi connectivity index (χ3v) is 4.63. The fourth-order valence-corrected chi connectivity index (χ4v) is 3.37. The van der Waals surface area contributed by atoms with Gasteiger partial charge < -0.3 is 10.2 Å². The Bertz CT molecular complexity index is 760. The van der Waals surface area contributed by atoms with E-state index in [2.05, 4.69) is 32.0 Å². The number of benzene rings is 1. The fraction of sp³-hybridized carbons (Fsp3) is 0.188. The molecular formula is C16H15N5OS. The molecule has 116 valence electrons. The summed E-state index contributed by atoms with van der Waals surface area (Å²) in [5.74, 6) is 0.542. The molecule has 1 aromatic carbocycles. The van der Waals surface area contributed by atoms with Gasteiger partial charge in [0.05, 0.1) is 5.69 Å². The summed E-state index contributed by atoms with van der Waals surface area (Å²) >= 11 is 1.78. The molecule has 0 bridgehead atoms. The van der Waals surface area contributed by atoms with E-state index >= 15 is 0 Å². The molecule has 23 heavy (non-hydrogen) atoms. The maximum Gasteiger partial charge on any atom is 0.212 e. The number of carbonyl (C=O) groups is 1. The first kappa shape index (κ1) is 15.1. The molecule has 1 aromatic heterocycles. The van der Waals surface area contributed by atoms with Crippen LogP contribution in [0.3, 0.4) is 0 Å². The van der Waals surface area contributed by atoms with Gasteiger partial charge in [-0.05, 0) is 47.7 Å². The number of rotatable bonds is 3. The highest BCUT2D eigenvalue weighted by Crippen LogP contribution is 2.24. The fourth-order valence-electron chi connectivity index (χ4n) is 2.48. The molecule has 2 heterocycles. The van der Waals surface area contributed by atoms with Crippen molar-refractivity contribution < 1.29 is 4.79 Å². The van der Waals surface area contributed by atoms with Gasteiger partial charge in [-0.25, -0.2) is 4.99 Å². The van der Waals surface area contributed by atoms with Crippen LogP contribution in [0.1, 0.15) is 10.4 Å². The SMILES string of the molecule is N#CNC(=Nc1ccc(NC=O)cc1)N1CCc2sccc2C1. The molecule has 7 heteroatoms. The molecule has 0 unspecified atom stereocenters. The minimum absolute atomic E-state index is 0.542. The molecule has 0 saturated carbocycles. The van der Waals surface area contributed by atoms with Crippen molar-refractivity contribution in [2.24, 2.45) is 4.99 Å². The van der Waals surface area contributed by atoms with Crippen LogP contribution in [0, 0.1) is 11.5 Å². The minimum Gasteiger partial charge on any atom is -0.337 e. The number of carbonyl (C=O) groups excluding carboxylic acids is 1. The number of nitrogens with one attached hydrogen (secondary N) is 2. The van der Waals surface area contributed by atoms with Crippen LogP contribution in [0.5, 0.6) is 0 Å². The number of guanidine groups is 1. The first-order valence-corrected chi connectivity index (χ1v) is 8.02. The molecule has 2 aromatic rings. The van der Waals surface area contributed by atoms with E-state index in [0.29, 0.717) is 18.1 Å². The molecule has 2 N–H and O–H groups in total. The van der Waals surface area contributed by atoms with Gasteiger partial charge in [-0.15, -0.1) is 11.3 Å². The Morgan fingerprint density at radius 2 is 2.17 bits per heavy atom. The normalized spacial score (nSPS) is 13.9. The molecule has 1 aliphatic heterocycles. The van der Waals surface area contributed by atoms with E-state index in [1.54, 1.807) is 35.6 Å². The molecule has 0 aliphatic carbocycles. The Morgan fingerprint density at radius 3 is 2.91 bits per heavy atom. The van der Waals surface area contributed by atoms with Crippen molar-refractivity contribution in [3.8, 4) is 6.19 Å². The van der Waals surface area contributed by atoms with Crippen molar-refractivity contribution in [2.75, 3.05) is 11.9 Å². The number of nitriles is 1. The van der Waals surface area contributed by atoms with Gasteiger partial charge in [-0.3, -0.25) is 10.1 Å². The average Bonchev–Trinajstić information content (AvgIpc) is 3.04. The van der Waals surface area contributed by atoms with Crippen molar-refractivity contribution in [3.63, 3.8) is 0 Å². The molecule has 3 rings (SSSR count). The number of aliphatic imine (C=N–C) groups is 1. The zero-order valence-corrected chi connectivity index (χ0v) is 13.1. The lowest BCUT2D eigenvalue weighted by Gasteiger charge is -2.28. The highest BCUT2D eigenvalue weighted by atomic mass is 32.1. The van der Waals surface area contributed by atoms with Crippen molar-refractivity contribution >= 4 is 35.1 Å². The highest BCUT2D eigenvalue weighted by Gasteiger charge is 2.20. The maximum absolute atomic E-state index is 10.4. The Hall–Kier alpha value is -2.85. The first-order chi connectivity index (χ1) is 11.3. The van der Waals surface area contributed by atoms with Crippen LogP contribution in [0.2, 0.25) is 0 Å². The second-order valence-electron chi connectivity index (χ2n) is 5.02. The molecule has 0 atom stereocenters. The number of fused-ring (bicyclic) bond motifs is 1. The molecule has 6 nitrogen and oxygen atoms in total. The lowest BCUT2D eigenvalue weighted by atomic mass is 10.1. The van der Waals surface area contributed by atoms with Crippen LogP contribution in [0.25, 0.3) is 0 Å². The molecule has 0 radical (unpaired) electrons. The van der Waals surface area contributed by atoms with Gasteiger partial charge in [-0.1, -0.05) is 0 Å². The average molecular weight is 325 g/mol. The van der Waals surface area contributed by atoms with Crippen LogP contribution in [-0.2, 0) is 17.8 Å². The summed E-state index contributed by atoms with van der Waals surface area (Å²) in [6.45, 7) is 1.57. The quantitative estimate of drug-likeness (QED) is 0.299. The molecule has 1 aliphatic rings. The van der Waals surface area contributed by atoms with Crippen molar-refractivity contribution in [2.45, 2.75) is 13.0 Å². The van der Waals surface area contributed by atoms with E-state index in [1.807, 2.05) is 6.19 Å². The molecule has 0 saturated heterocycles. The second kappa shape index (κ2) is 6.94. The summed E-state index contributed by atoms with van der Waals surface area (Å²) in [7, 11) is 0. The van der Waals surface area contributed by atoms with E-state index in [-0.39, 0.29) is 0 Å². The Balaban J connectivity index is 1.81. The second-order valence-corrected chi connectivity index (χ2v) is 6.02. The van der Waals surface area contributed by atoms with E-state index in [0.717, 1.165) is 25.2 Å². The largest absolute Gasteiger partial charge is 0.337 e. The van der Waals surface area contributed by atoms with E-state index < -0.39 is 0 Å². The van der Waals surface area contributed by atoms with Crippen LogP contribution >= 0.6 is 11.3 Å². The summed E-state index contributed by atoms with van der Waals surface area (Å²) in [6.07, 6.45) is 3.55. The first-order valence-electron chi connectivity index (χ1n) is 7.14. The Labute approximate surface area is 138 Å². The van der Waals surface area contributed by atoms with Crippen molar-refractivity contribution in [1.82, 2.24) is 10.2 Å². The molecule has 1 amide bonds. The summed E-state index contributed by atoms with van der Waals surface area (Å²) in [4.78, 5) is 18.4. The lowest BCUT2D eigenvalue weighted by Crippen LogP contribution is -2.41. The number of amides is 1. The number of nitrogens with zero attached hydrogens (tertiary/aromatic N) is 3. The third-order valence-electron chi connectivity index (χ3n) is 3.60. The summed E-state index contributed by atoms with van der Waals surface area (Å²) < 4.78 is 0.